The van der Waals surface area contributed by atoms with Gasteiger partial charge in [-0.05, 0) is 40.5 Å². The Balaban J connectivity index is 1.45. The summed E-state index contributed by atoms with van der Waals surface area (Å²) in [5.41, 5.74) is 8.80. The van der Waals surface area contributed by atoms with Crippen LogP contribution in [0.5, 0.6) is 11.5 Å². The Morgan fingerprint density at radius 1 is 1.10 bits per heavy atom. The predicted octanol–water partition coefficient (Wildman–Crippen LogP) is 2.07. The van der Waals surface area contributed by atoms with Crippen molar-refractivity contribution in [2.45, 2.75) is 20.1 Å². The van der Waals surface area contributed by atoms with Crippen LogP contribution >= 0.6 is 0 Å². The number of ether oxygens (including phenoxy) is 2. The molecule has 0 bridgehead atoms. The number of carbonyl (C=O) groups is 1. The number of aryl methyl sites for hydroxylation is 1. The number of rotatable bonds is 10. The summed E-state index contributed by atoms with van der Waals surface area (Å²) in [6.07, 6.45) is 0. The molecule has 0 spiro atoms. The van der Waals surface area contributed by atoms with Crippen molar-refractivity contribution >= 4 is 11.7 Å². The molecule has 0 aliphatic rings. The largest absolute Gasteiger partial charge is 0.493 e. The zero-order chi connectivity index (χ0) is 21.3. The number of nitrogens with zero attached hydrogens (tertiary/aromatic N) is 2. The first-order valence-corrected chi connectivity index (χ1v) is 9.49. The molecule has 0 saturated heterocycles. The molecule has 9 heteroatoms. The van der Waals surface area contributed by atoms with Crippen LogP contribution in [0.3, 0.4) is 0 Å². The molecule has 1 aromatic heterocycles. The number of hydrogen-bond donors (Lipinski definition) is 3. The molecule has 1 heterocycles. The number of anilines is 1. The van der Waals surface area contributed by atoms with Gasteiger partial charge < -0.3 is 25.8 Å². The minimum absolute atomic E-state index is 0.0130. The second-order valence-corrected chi connectivity index (χ2v) is 6.69. The number of aromatic nitrogens is 2. The molecule has 0 aliphatic carbocycles. The molecule has 158 valence electrons. The van der Waals surface area contributed by atoms with E-state index in [0.29, 0.717) is 37.7 Å². The monoisotopic (exact) mass is 411 g/mol. The molecule has 4 N–H and O–H groups in total. The number of nitrogens with two attached hydrogens (primary N) is 1. The van der Waals surface area contributed by atoms with E-state index in [1.807, 2.05) is 30.3 Å². The van der Waals surface area contributed by atoms with Crippen LogP contribution in [-0.4, -0.2) is 36.4 Å². The van der Waals surface area contributed by atoms with Gasteiger partial charge in [0.25, 0.3) is 5.91 Å². The van der Waals surface area contributed by atoms with Gasteiger partial charge in [0.15, 0.2) is 11.5 Å². The highest BCUT2D eigenvalue weighted by Crippen LogP contribution is 2.29. The van der Waals surface area contributed by atoms with E-state index in [1.54, 1.807) is 7.11 Å². The first-order chi connectivity index (χ1) is 14.6. The van der Waals surface area contributed by atoms with Gasteiger partial charge in [-0.2, -0.15) is 0 Å². The Bertz CT molecular complexity index is 989. The van der Waals surface area contributed by atoms with Crippen molar-refractivity contribution in [2.75, 3.05) is 25.9 Å². The summed E-state index contributed by atoms with van der Waals surface area (Å²) < 4.78 is 15.8. The minimum atomic E-state index is -0.424. The van der Waals surface area contributed by atoms with Crippen molar-refractivity contribution in [2.24, 2.45) is 0 Å². The third kappa shape index (κ3) is 5.71. The van der Waals surface area contributed by atoms with Gasteiger partial charge in [0.1, 0.15) is 6.61 Å². The molecule has 1 amide bonds. The van der Waals surface area contributed by atoms with Crippen molar-refractivity contribution in [3.8, 4) is 11.5 Å². The molecule has 0 atom stereocenters. The van der Waals surface area contributed by atoms with Gasteiger partial charge in [0, 0.05) is 19.6 Å². The van der Waals surface area contributed by atoms with Crippen LogP contribution in [0.2, 0.25) is 0 Å². The van der Waals surface area contributed by atoms with Crippen molar-refractivity contribution in [1.82, 2.24) is 20.9 Å². The predicted molar refractivity (Wildman–Crippen MR) is 111 cm³/mol. The lowest BCUT2D eigenvalue weighted by molar-refractivity contribution is 0.0944. The maximum Gasteiger partial charge on any atom is 0.277 e. The number of benzene rings is 2. The van der Waals surface area contributed by atoms with Crippen LogP contribution in [0.25, 0.3) is 0 Å². The van der Waals surface area contributed by atoms with Crippen molar-refractivity contribution in [1.29, 1.82) is 0 Å². The van der Waals surface area contributed by atoms with Crippen LogP contribution in [0.1, 0.15) is 27.2 Å². The smallest absolute Gasteiger partial charge is 0.277 e. The normalized spacial score (nSPS) is 10.6. The summed E-state index contributed by atoms with van der Waals surface area (Å²) in [6, 6.07) is 14.0. The van der Waals surface area contributed by atoms with E-state index in [2.05, 4.69) is 44.6 Å². The molecule has 2 aromatic carbocycles. The molecule has 30 heavy (non-hydrogen) atoms. The molecule has 9 nitrogen and oxygen atoms in total. The van der Waals surface area contributed by atoms with E-state index in [0.717, 1.165) is 11.1 Å². The van der Waals surface area contributed by atoms with Crippen LogP contribution in [0.15, 0.2) is 47.1 Å². The van der Waals surface area contributed by atoms with E-state index >= 15 is 0 Å². The zero-order valence-electron chi connectivity index (χ0n) is 17.0. The van der Waals surface area contributed by atoms with Crippen LogP contribution in [0, 0.1) is 6.92 Å². The molecule has 0 radical (unpaired) electrons. The first kappa shape index (κ1) is 21.1. The lowest BCUT2D eigenvalue weighted by Gasteiger charge is -2.13. The number of hydrogen-bond acceptors (Lipinski definition) is 8. The maximum atomic E-state index is 11.9. The summed E-state index contributed by atoms with van der Waals surface area (Å²) in [7, 11) is 1.62. The molecule has 0 fully saturated rings. The molecule has 0 aliphatic heterocycles. The minimum Gasteiger partial charge on any atom is -0.493 e. The molecule has 0 saturated carbocycles. The topological polar surface area (TPSA) is 125 Å². The van der Waals surface area contributed by atoms with Crippen LogP contribution in [-0.2, 0) is 13.2 Å². The number of nitrogen functional groups attached to an aromatic ring is 1. The molecular formula is C21H25N5O4. The maximum absolute atomic E-state index is 11.9. The summed E-state index contributed by atoms with van der Waals surface area (Å²) in [6.45, 7) is 4.10. The van der Waals surface area contributed by atoms with Crippen LogP contribution in [0.4, 0.5) is 5.82 Å². The standard InChI is InChI=1S/C21H25N5O4/c1-14-4-3-5-16(10-14)13-29-17-7-6-15(11-18(17)28-2)12-23-8-9-24-21(27)19-20(22)26-30-25-19/h3-7,10-11,23H,8-9,12-13H2,1-2H3,(H2,22,26)(H,24,27). The van der Waals surface area contributed by atoms with E-state index < -0.39 is 5.91 Å². The van der Waals surface area contributed by atoms with Crippen molar-refractivity contribution in [3.05, 3.63) is 64.8 Å². The van der Waals surface area contributed by atoms with Gasteiger partial charge in [-0.25, -0.2) is 4.63 Å². The Labute approximate surface area is 174 Å². The van der Waals surface area contributed by atoms with E-state index in [4.69, 9.17) is 15.2 Å². The van der Waals surface area contributed by atoms with Gasteiger partial charge >= 0.3 is 0 Å². The third-order valence-electron chi connectivity index (χ3n) is 4.35. The summed E-state index contributed by atoms with van der Waals surface area (Å²) in [5, 5.41) is 12.8. The highest BCUT2D eigenvalue weighted by atomic mass is 16.6. The fourth-order valence-corrected chi connectivity index (χ4v) is 2.84. The number of nitrogens with one attached hydrogen (secondary N) is 2. The van der Waals surface area contributed by atoms with Gasteiger partial charge in [-0.3, -0.25) is 4.79 Å². The van der Waals surface area contributed by atoms with E-state index in [-0.39, 0.29) is 11.5 Å². The molecular weight excluding hydrogens is 386 g/mol. The van der Waals surface area contributed by atoms with Crippen molar-refractivity contribution < 1.29 is 18.9 Å². The van der Waals surface area contributed by atoms with Gasteiger partial charge in [0.2, 0.25) is 11.5 Å². The fraction of sp³-hybridized carbons (Fsp3) is 0.286. The number of methoxy groups -OCH3 is 1. The Kier molecular flexibility index (Phi) is 7.23. The average molecular weight is 411 g/mol. The van der Waals surface area contributed by atoms with E-state index in [9.17, 15) is 4.79 Å². The van der Waals surface area contributed by atoms with E-state index in [1.165, 1.54) is 5.56 Å². The summed E-state index contributed by atoms with van der Waals surface area (Å²) in [5.74, 6) is 0.905. The Morgan fingerprint density at radius 3 is 2.70 bits per heavy atom. The third-order valence-corrected chi connectivity index (χ3v) is 4.35. The number of carbonyl (C=O) groups excluding carboxylic acids is 1. The zero-order valence-corrected chi connectivity index (χ0v) is 17.0. The van der Waals surface area contributed by atoms with Crippen LogP contribution < -0.4 is 25.8 Å². The fourth-order valence-electron chi connectivity index (χ4n) is 2.84. The molecule has 3 rings (SSSR count). The highest BCUT2D eigenvalue weighted by Gasteiger charge is 2.14. The van der Waals surface area contributed by atoms with Gasteiger partial charge in [0.05, 0.1) is 7.11 Å². The molecule has 3 aromatic rings. The second-order valence-electron chi connectivity index (χ2n) is 6.69. The first-order valence-electron chi connectivity index (χ1n) is 9.49. The Hall–Kier alpha value is -3.59. The van der Waals surface area contributed by atoms with Crippen molar-refractivity contribution in [3.63, 3.8) is 0 Å². The Morgan fingerprint density at radius 2 is 1.97 bits per heavy atom. The summed E-state index contributed by atoms with van der Waals surface area (Å²) >= 11 is 0. The quantitative estimate of drug-likeness (QED) is 0.433. The summed E-state index contributed by atoms with van der Waals surface area (Å²) in [4.78, 5) is 11.9. The second kappa shape index (κ2) is 10.3. The number of amides is 1. The molecule has 0 unspecified atom stereocenters. The van der Waals surface area contributed by atoms with Gasteiger partial charge in [-0.1, -0.05) is 35.9 Å². The lowest BCUT2D eigenvalue weighted by atomic mass is 10.1. The SMILES string of the molecule is COc1cc(CNCCNC(=O)c2nonc2N)ccc1OCc1cccc(C)c1. The highest BCUT2D eigenvalue weighted by molar-refractivity contribution is 5.95. The average Bonchev–Trinajstić information content (AvgIpc) is 3.18. The lowest BCUT2D eigenvalue weighted by Crippen LogP contribution is -2.32. The van der Waals surface area contributed by atoms with Gasteiger partial charge in [-0.15, -0.1) is 0 Å².